The van der Waals surface area contributed by atoms with Gasteiger partial charge in [0.2, 0.25) is 5.58 Å². The first-order valence-corrected chi connectivity index (χ1v) is 5.63. The lowest BCUT2D eigenvalue weighted by Crippen LogP contribution is -2.21. The summed E-state index contributed by atoms with van der Waals surface area (Å²) in [6.45, 7) is 0. The van der Waals surface area contributed by atoms with E-state index >= 15 is 0 Å². The van der Waals surface area contributed by atoms with Crippen molar-refractivity contribution in [2.24, 2.45) is 0 Å². The van der Waals surface area contributed by atoms with Crippen molar-refractivity contribution in [2.45, 2.75) is 0 Å². The van der Waals surface area contributed by atoms with E-state index in [1.807, 2.05) is 0 Å². The van der Waals surface area contributed by atoms with E-state index in [0.717, 1.165) is 0 Å². The van der Waals surface area contributed by atoms with Gasteiger partial charge in [0.15, 0.2) is 5.82 Å². The largest absolute Gasteiger partial charge is 0.458 e. The quantitative estimate of drug-likeness (QED) is 0.645. The third-order valence-electron chi connectivity index (χ3n) is 2.31. The predicted molar refractivity (Wildman–Crippen MR) is 65.1 cm³/mol. The molecule has 3 heterocycles. The molecule has 0 saturated carbocycles. The van der Waals surface area contributed by atoms with Crippen LogP contribution in [-0.2, 0) is 0 Å². The summed E-state index contributed by atoms with van der Waals surface area (Å²) in [5.41, 5.74) is -0.0418. The first-order chi connectivity index (χ1) is 8.25. The van der Waals surface area contributed by atoms with Crippen LogP contribution in [0.1, 0.15) is 0 Å². The molecule has 0 atom stereocenters. The predicted octanol–water partition coefficient (Wildman–Crippen LogP) is 2.14. The van der Waals surface area contributed by atoms with Crippen LogP contribution in [0.2, 0.25) is 0 Å². The van der Waals surface area contributed by atoms with Crippen LogP contribution in [0.25, 0.3) is 16.8 Å². The molecular weight excluding hydrogens is 286 g/mol. The first kappa shape index (κ1) is 10.2. The van der Waals surface area contributed by atoms with Gasteiger partial charge in [0.05, 0.1) is 12.5 Å². The van der Waals surface area contributed by atoms with Gasteiger partial charge in [0.25, 0.3) is 0 Å². The van der Waals surface area contributed by atoms with E-state index in [9.17, 15) is 4.79 Å². The topological polar surface area (TPSA) is 60.9 Å². The molecule has 6 heteroatoms. The lowest BCUT2D eigenvalue weighted by molar-refractivity contribution is 0.602. The highest BCUT2D eigenvalue weighted by Crippen LogP contribution is 2.11. The summed E-state index contributed by atoms with van der Waals surface area (Å²) in [7, 11) is 0. The molecule has 0 fully saturated rings. The molecule has 0 amide bonds. The molecule has 84 valence electrons. The third kappa shape index (κ3) is 1.66. The highest BCUT2D eigenvalue weighted by atomic mass is 79.9. The molecular formula is C11H6BrN3O2. The lowest BCUT2D eigenvalue weighted by Gasteiger charge is -2.02. The van der Waals surface area contributed by atoms with Gasteiger partial charge < -0.3 is 4.42 Å². The van der Waals surface area contributed by atoms with Gasteiger partial charge in [-0.25, -0.2) is 4.98 Å². The summed E-state index contributed by atoms with van der Waals surface area (Å²) >= 11 is 3.25. The molecule has 5 nitrogen and oxygen atoms in total. The maximum atomic E-state index is 12.1. The Bertz CT molecular complexity index is 748. The molecule has 0 aromatic carbocycles. The Labute approximate surface area is 104 Å². The number of hydrogen-bond acceptors (Lipinski definition) is 4. The molecule has 3 rings (SSSR count). The second-order valence-electron chi connectivity index (χ2n) is 3.39. The lowest BCUT2D eigenvalue weighted by atomic mass is 10.4. The summed E-state index contributed by atoms with van der Waals surface area (Å²) in [4.78, 5) is 16.2. The number of aromatic nitrogens is 3. The van der Waals surface area contributed by atoms with E-state index in [4.69, 9.17) is 4.42 Å². The second kappa shape index (κ2) is 3.81. The summed E-state index contributed by atoms with van der Waals surface area (Å²) in [6, 6.07) is 6.96. The molecule has 0 bridgehead atoms. The molecule has 0 unspecified atom stereocenters. The van der Waals surface area contributed by atoms with Gasteiger partial charge in [-0.3, -0.25) is 4.79 Å². The Morgan fingerprint density at radius 1 is 1.29 bits per heavy atom. The van der Waals surface area contributed by atoms with Crippen LogP contribution in [-0.4, -0.2) is 14.8 Å². The van der Waals surface area contributed by atoms with Crippen molar-refractivity contribution in [3.8, 4) is 5.82 Å². The monoisotopic (exact) mass is 291 g/mol. The van der Waals surface area contributed by atoms with Crippen molar-refractivity contribution in [2.75, 3.05) is 0 Å². The van der Waals surface area contributed by atoms with Gasteiger partial charge in [0.1, 0.15) is 4.60 Å². The van der Waals surface area contributed by atoms with Crippen LogP contribution < -0.4 is 5.56 Å². The van der Waals surface area contributed by atoms with E-state index in [1.165, 1.54) is 10.9 Å². The molecule has 0 radical (unpaired) electrons. The van der Waals surface area contributed by atoms with Crippen molar-refractivity contribution in [1.82, 2.24) is 14.8 Å². The van der Waals surface area contributed by atoms with E-state index in [1.54, 1.807) is 30.5 Å². The fourth-order valence-corrected chi connectivity index (χ4v) is 1.88. The summed E-state index contributed by atoms with van der Waals surface area (Å²) < 4.78 is 6.98. The van der Waals surface area contributed by atoms with Crippen molar-refractivity contribution in [1.29, 1.82) is 0 Å². The minimum atomic E-state index is -0.321. The SMILES string of the molecule is O=c1c2occc2cnn1-c1cccc(Br)n1. The molecule has 0 N–H and O–H groups in total. The minimum absolute atomic E-state index is 0.279. The summed E-state index contributed by atoms with van der Waals surface area (Å²) in [5.74, 6) is 0.447. The molecule has 0 spiro atoms. The van der Waals surface area contributed by atoms with E-state index in [2.05, 4.69) is 26.0 Å². The summed E-state index contributed by atoms with van der Waals surface area (Å²) in [6.07, 6.45) is 3.04. The standard InChI is InChI=1S/C11H6BrN3O2/c12-8-2-1-3-9(14-8)15-11(16)10-7(6-13-15)4-5-17-10/h1-6H. The number of hydrogen-bond donors (Lipinski definition) is 0. The molecule has 0 aliphatic rings. The molecule has 3 aromatic rings. The number of pyridine rings is 1. The number of furan rings is 1. The Kier molecular flexibility index (Phi) is 2.29. The minimum Gasteiger partial charge on any atom is -0.458 e. The maximum Gasteiger partial charge on any atom is 0.316 e. The smallest absolute Gasteiger partial charge is 0.316 e. The molecule has 17 heavy (non-hydrogen) atoms. The van der Waals surface area contributed by atoms with Gasteiger partial charge in [-0.05, 0) is 34.1 Å². The normalized spacial score (nSPS) is 10.9. The molecule has 3 aromatic heterocycles. The molecule has 0 aliphatic heterocycles. The van der Waals surface area contributed by atoms with Gasteiger partial charge in [-0.15, -0.1) is 0 Å². The van der Waals surface area contributed by atoms with Crippen LogP contribution >= 0.6 is 15.9 Å². The van der Waals surface area contributed by atoms with Crippen LogP contribution in [0.3, 0.4) is 0 Å². The van der Waals surface area contributed by atoms with Crippen molar-refractivity contribution in [3.05, 3.63) is 51.7 Å². The zero-order valence-electron chi connectivity index (χ0n) is 8.50. The Morgan fingerprint density at radius 3 is 3.00 bits per heavy atom. The maximum absolute atomic E-state index is 12.1. The van der Waals surface area contributed by atoms with Crippen LogP contribution in [0.5, 0.6) is 0 Å². The van der Waals surface area contributed by atoms with E-state index in [0.29, 0.717) is 15.8 Å². The second-order valence-corrected chi connectivity index (χ2v) is 4.20. The van der Waals surface area contributed by atoms with Crippen molar-refractivity contribution >= 4 is 26.9 Å². The number of rotatable bonds is 1. The third-order valence-corrected chi connectivity index (χ3v) is 2.75. The highest BCUT2D eigenvalue weighted by Gasteiger charge is 2.09. The van der Waals surface area contributed by atoms with Crippen LogP contribution in [0, 0.1) is 0 Å². The van der Waals surface area contributed by atoms with Gasteiger partial charge in [0, 0.05) is 5.39 Å². The van der Waals surface area contributed by atoms with Crippen molar-refractivity contribution < 1.29 is 4.42 Å². The zero-order chi connectivity index (χ0) is 11.8. The average Bonchev–Trinajstić information content (AvgIpc) is 2.78. The highest BCUT2D eigenvalue weighted by molar-refractivity contribution is 9.10. The number of fused-ring (bicyclic) bond motifs is 1. The average molecular weight is 292 g/mol. The van der Waals surface area contributed by atoms with Gasteiger partial charge in [-0.2, -0.15) is 9.78 Å². The first-order valence-electron chi connectivity index (χ1n) is 4.84. The Balaban J connectivity index is 2.31. The molecule has 0 saturated heterocycles. The van der Waals surface area contributed by atoms with E-state index < -0.39 is 0 Å². The zero-order valence-corrected chi connectivity index (χ0v) is 10.1. The van der Waals surface area contributed by atoms with Crippen LogP contribution in [0.15, 0.2) is 50.5 Å². The Morgan fingerprint density at radius 2 is 2.18 bits per heavy atom. The van der Waals surface area contributed by atoms with Crippen molar-refractivity contribution in [3.63, 3.8) is 0 Å². The fraction of sp³-hybridized carbons (Fsp3) is 0. The summed E-state index contributed by atoms with van der Waals surface area (Å²) in [5, 5.41) is 4.73. The fourth-order valence-electron chi connectivity index (χ4n) is 1.54. The van der Waals surface area contributed by atoms with E-state index in [-0.39, 0.29) is 11.1 Å². The van der Waals surface area contributed by atoms with Gasteiger partial charge >= 0.3 is 5.56 Å². The molecule has 0 aliphatic carbocycles. The number of nitrogens with zero attached hydrogens (tertiary/aromatic N) is 3. The van der Waals surface area contributed by atoms with Gasteiger partial charge in [-0.1, -0.05) is 6.07 Å². The number of halogens is 1. The van der Waals surface area contributed by atoms with Crippen LogP contribution in [0.4, 0.5) is 0 Å². The Hall–Kier alpha value is -1.95.